The van der Waals surface area contributed by atoms with Gasteiger partial charge in [0, 0.05) is 0 Å². The van der Waals surface area contributed by atoms with Gasteiger partial charge in [-0.15, -0.1) is 0 Å². The first-order chi connectivity index (χ1) is 12.9. The average Bonchev–Trinajstić information content (AvgIpc) is 3.16. The summed E-state index contributed by atoms with van der Waals surface area (Å²) in [6.45, 7) is 5.74. The van der Waals surface area contributed by atoms with Crippen molar-refractivity contribution in [3.05, 3.63) is 9.67 Å². The molecule has 1 aliphatic heterocycles. The van der Waals surface area contributed by atoms with E-state index in [1.54, 1.807) is 13.8 Å². The smallest absolute Gasteiger partial charge is 0.477 e. The van der Waals surface area contributed by atoms with Crippen LogP contribution in [0.15, 0.2) is 4.79 Å². The molecule has 2 atom stereocenters. The Bertz CT molecular complexity index is 880. The summed E-state index contributed by atoms with van der Waals surface area (Å²) in [7, 11) is 0. The van der Waals surface area contributed by atoms with Crippen molar-refractivity contribution in [1.82, 2.24) is 14.5 Å². The van der Waals surface area contributed by atoms with Crippen molar-refractivity contribution in [2.75, 3.05) is 18.9 Å². The van der Waals surface area contributed by atoms with Crippen LogP contribution < -0.4 is 15.3 Å². The second-order valence-electron chi connectivity index (χ2n) is 6.23. The van der Waals surface area contributed by atoms with Crippen molar-refractivity contribution < 1.29 is 23.7 Å². The van der Waals surface area contributed by atoms with Crippen LogP contribution in [-0.2, 0) is 14.2 Å². The van der Waals surface area contributed by atoms with Crippen molar-refractivity contribution in [2.45, 2.75) is 52.0 Å². The molecule has 3 heterocycles. The largest absolute Gasteiger partial charge is 0.508 e. The quantitative estimate of drug-likeness (QED) is 0.727. The number of nitrogens with zero attached hydrogens (tertiary/aromatic N) is 3. The maximum Gasteiger partial charge on any atom is 0.508 e. The third kappa shape index (κ3) is 4.30. The molecule has 0 amide bonds. The van der Waals surface area contributed by atoms with Crippen LogP contribution in [0.5, 0.6) is 5.88 Å². The van der Waals surface area contributed by atoms with Gasteiger partial charge in [0.05, 0.1) is 18.8 Å². The lowest BCUT2D eigenvalue weighted by molar-refractivity contribution is -0.0415. The Kier molecular flexibility index (Phi) is 5.80. The van der Waals surface area contributed by atoms with E-state index in [-0.39, 0.29) is 35.5 Å². The Balaban J connectivity index is 1.76. The molecule has 0 unspecified atom stereocenters. The molecule has 1 saturated heterocycles. The number of anilines is 1. The van der Waals surface area contributed by atoms with Gasteiger partial charge in [0.2, 0.25) is 11.8 Å². The summed E-state index contributed by atoms with van der Waals surface area (Å²) >= 11 is 0.984. The third-order valence-electron chi connectivity index (χ3n) is 3.82. The molecule has 0 bridgehead atoms. The molecule has 3 rings (SSSR count). The summed E-state index contributed by atoms with van der Waals surface area (Å²) in [5.74, 6) is 0.307. The fraction of sp³-hybridized carbons (Fsp3) is 0.625. The number of aromatic nitrogens is 3. The van der Waals surface area contributed by atoms with Crippen molar-refractivity contribution in [2.24, 2.45) is 0 Å². The highest BCUT2D eigenvalue weighted by atomic mass is 32.1. The second-order valence-corrected chi connectivity index (χ2v) is 7.19. The first-order valence-corrected chi connectivity index (χ1v) is 9.50. The second kappa shape index (κ2) is 8.09. The molecule has 11 heteroatoms. The van der Waals surface area contributed by atoms with E-state index in [1.807, 2.05) is 6.92 Å². The van der Waals surface area contributed by atoms with Crippen LogP contribution in [-0.4, -0.2) is 46.1 Å². The van der Waals surface area contributed by atoms with Gasteiger partial charge in [-0.25, -0.2) is 4.79 Å². The molecular formula is C16H22N4O6S. The summed E-state index contributed by atoms with van der Waals surface area (Å²) in [6.07, 6.45) is -0.645. The van der Waals surface area contributed by atoms with Gasteiger partial charge in [0.25, 0.3) is 0 Å². The lowest BCUT2D eigenvalue weighted by Crippen LogP contribution is -2.24. The number of nitrogens with two attached hydrogens (primary N) is 1. The zero-order valence-corrected chi connectivity index (χ0v) is 16.2. The molecule has 2 N–H and O–H groups in total. The number of hydrogen-bond donors (Lipinski definition) is 1. The van der Waals surface area contributed by atoms with Crippen molar-refractivity contribution >= 4 is 33.8 Å². The van der Waals surface area contributed by atoms with Gasteiger partial charge >= 0.3 is 11.0 Å². The predicted octanol–water partition coefficient (Wildman–Crippen LogP) is 2.07. The number of fused-ring (bicyclic) bond motifs is 1. The molecule has 0 saturated carbocycles. The Labute approximate surface area is 159 Å². The summed E-state index contributed by atoms with van der Waals surface area (Å²) < 4.78 is 23.3. The molecule has 0 aromatic carbocycles. The third-order valence-corrected chi connectivity index (χ3v) is 4.75. The van der Waals surface area contributed by atoms with Gasteiger partial charge in [0.1, 0.15) is 17.5 Å². The summed E-state index contributed by atoms with van der Waals surface area (Å²) in [6, 6.07) is 0. The van der Waals surface area contributed by atoms with Gasteiger partial charge in [-0.05, 0) is 33.6 Å². The monoisotopic (exact) mass is 398 g/mol. The van der Waals surface area contributed by atoms with E-state index in [2.05, 4.69) is 9.97 Å². The Morgan fingerprint density at radius 2 is 2.19 bits per heavy atom. The molecule has 10 nitrogen and oxygen atoms in total. The molecule has 148 valence electrons. The Morgan fingerprint density at radius 1 is 1.41 bits per heavy atom. The minimum absolute atomic E-state index is 0.0202. The summed E-state index contributed by atoms with van der Waals surface area (Å²) in [4.78, 5) is 32.0. The molecule has 0 spiro atoms. The van der Waals surface area contributed by atoms with Crippen LogP contribution >= 0.6 is 11.3 Å². The number of nitrogen functional groups attached to an aromatic ring is 1. The molecule has 1 aliphatic rings. The Morgan fingerprint density at radius 3 is 2.89 bits per heavy atom. The minimum atomic E-state index is -0.739. The standard InChI is InChI=1S/C16H22N4O6S/c1-4-23-13-11-12(18-14(17)19-13)20(15(21)27-11)10-6-5-9(26-10)7-24-16(22)25-8(2)3/h8-10H,4-7H2,1-3H3,(H2,17,18,19)/t9-,10+/m0/s1. The highest BCUT2D eigenvalue weighted by Crippen LogP contribution is 2.33. The van der Waals surface area contributed by atoms with Crippen LogP contribution in [0.25, 0.3) is 10.3 Å². The number of rotatable bonds is 6. The predicted molar refractivity (Wildman–Crippen MR) is 98.0 cm³/mol. The lowest BCUT2D eigenvalue weighted by atomic mass is 10.2. The van der Waals surface area contributed by atoms with Crippen molar-refractivity contribution in [1.29, 1.82) is 0 Å². The van der Waals surface area contributed by atoms with Crippen LogP contribution in [0.2, 0.25) is 0 Å². The topological polar surface area (TPSA) is 128 Å². The zero-order valence-electron chi connectivity index (χ0n) is 15.3. The summed E-state index contributed by atoms with van der Waals surface area (Å²) in [5.41, 5.74) is 6.14. The number of hydrogen-bond acceptors (Lipinski definition) is 10. The maximum atomic E-state index is 12.5. The summed E-state index contributed by atoms with van der Waals surface area (Å²) in [5, 5.41) is 0. The van der Waals surface area contributed by atoms with Gasteiger partial charge in [0.15, 0.2) is 5.65 Å². The zero-order chi connectivity index (χ0) is 19.6. The Hall–Kier alpha value is -2.40. The number of ether oxygens (including phenoxy) is 4. The van der Waals surface area contributed by atoms with Gasteiger partial charge in [-0.2, -0.15) is 9.97 Å². The van der Waals surface area contributed by atoms with E-state index in [1.165, 1.54) is 4.57 Å². The number of thiazole rings is 1. The van der Waals surface area contributed by atoms with Gasteiger partial charge in [-0.1, -0.05) is 11.3 Å². The first kappa shape index (κ1) is 19.4. The van der Waals surface area contributed by atoms with Crippen molar-refractivity contribution in [3.63, 3.8) is 0 Å². The van der Waals surface area contributed by atoms with Gasteiger partial charge < -0.3 is 24.7 Å². The SMILES string of the molecule is CCOc1nc(N)nc2c1sc(=O)n2[C@H]1CC[C@@H](COC(=O)OC(C)C)O1. The molecule has 27 heavy (non-hydrogen) atoms. The molecule has 2 aromatic rings. The molecule has 2 aromatic heterocycles. The van der Waals surface area contributed by atoms with Crippen molar-refractivity contribution in [3.8, 4) is 5.88 Å². The molecule has 0 radical (unpaired) electrons. The highest BCUT2D eigenvalue weighted by molar-refractivity contribution is 7.16. The van der Waals surface area contributed by atoms with Crippen LogP contribution in [0, 0.1) is 0 Å². The van der Waals surface area contributed by atoms with E-state index in [0.29, 0.717) is 29.8 Å². The van der Waals surface area contributed by atoms with Gasteiger partial charge in [-0.3, -0.25) is 9.36 Å². The maximum absolute atomic E-state index is 12.5. The lowest BCUT2D eigenvalue weighted by Gasteiger charge is -2.15. The normalized spacial score (nSPS) is 19.6. The first-order valence-electron chi connectivity index (χ1n) is 8.69. The highest BCUT2D eigenvalue weighted by Gasteiger charge is 2.31. The molecule has 1 fully saturated rings. The fourth-order valence-electron chi connectivity index (χ4n) is 2.79. The van der Waals surface area contributed by atoms with E-state index >= 15 is 0 Å². The average molecular weight is 398 g/mol. The number of carbonyl (C=O) groups excluding carboxylic acids is 1. The van der Waals surface area contributed by atoms with Crippen LogP contribution in [0.3, 0.4) is 0 Å². The van der Waals surface area contributed by atoms with E-state index in [4.69, 9.17) is 24.7 Å². The fourth-order valence-corrected chi connectivity index (χ4v) is 3.69. The van der Waals surface area contributed by atoms with E-state index in [0.717, 1.165) is 11.3 Å². The van der Waals surface area contributed by atoms with E-state index in [9.17, 15) is 9.59 Å². The minimum Gasteiger partial charge on any atom is -0.477 e. The van der Waals surface area contributed by atoms with E-state index < -0.39 is 12.4 Å². The van der Waals surface area contributed by atoms with Crippen LogP contribution in [0.4, 0.5) is 10.7 Å². The molecular weight excluding hydrogens is 376 g/mol. The molecule has 0 aliphatic carbocycles. The number of carbonyl (C=O) groups is 1. The van der Waals surface area contributed by atoms with Crippen LogP contribution in [0.1, 0.15) is 39.8 Å².